The molecule has 2 amide bonds. The normalized spacial score (nSPS) is 17.5. The molecular weight excluding hydrogens is 455 g/mol. The number of amides is 2. The zero-order valence-corrected chi connectivity index (χ0v) is 18.9. The van der Waals surface area contributed by atoms with Crippen LogP contribution in [0, 0.1) is 0 Å². The number of carbonyl (C=O) groups excluding carboxylic acids is 2. The van der Waals surface area contributed by atoms with Crippen molar-refractivity contribution in [3.63, 3.8) is 0 Å². The van der Waals surface area contributed by atoms with Crippen molar-refractivity contribution < 1.29 is 22.8 Å². The van der Waals surface area contributed by atoms with E-state index in [1.54, 1.807) is 6.07 Å². The third-order valence-corrected chi connectivity index (χ3v) is 6.94. The lowest BCUT2D eigenvalue weighted by Crippen LogP contribution is -2.33. The monoisotopic (exact) mass is 481 g/mol. The van der Waals surface area contributed by atoms with E-state index in [-0.39, 0.29) is 30.2 Å². The van der Waals surface area contributed by atoms with Gasteiger partial charge in [-0.3, -0.25) is 14.5 Å². The van der Waals surface area contributed by atoms with Gasteiger partial charge in [0.1, 0.15) is 0 Å². The molecule has 4 rings (SSSR count). The number of hydrogen-bond acceptors (Lipinski definition) is 6. The molecule has 0 spiro atoms. The molecule has 2 heterocycles. The highest BCUT2D eigenvalue weighted by Gasteiger charge is 2.31. The number of imide groups is 1. The number of thioether (sulfide) groups is 1. The first-order chi connectivity index (χ1) is 15.8. The van der Waals surface area contributed by atoms with E-state index in [0.29, 0.717) is 36.1 Å². The molecule has 0 unspecified atom stereocenters. The van der Waals surface area contributed by atoms with E-state index in [1.165, 1.54) is 22.7 Å². The average Bonchev–Trinajstić information content (AvgIpc) is 3.42. The van der Waals surface area contributed by atoms with Gasteiger partial charge in [-0.15, -0.1) is 10.2 Å². The van der Waals surface area contributed by atoms with E-state index in [1.807, 2.05) is 4.57 Å². The van der Waals surface area contributed by atoms with E-state index in [0.717, 1.165) is 44.2 Å². The fourth-order valence-electron chi connectivity index (χ4n) is 4.34. The van der Waals surface area contributed by atoms with Crippen molar-refractivity contribution in [2.24, 2.45) is 0 Å². The first kappa shape index (κ1) is 23.6. The van der Waals surface area contributed by atoms with E-state index >= 15 is 0 Å². The molecule has 1 saturated carbocycles. The van der Waals surface area contributed by atoms with E-state index < -0.39 is 11.7 Å². The van der Waals surface area contributed by atoms with Crippen LogP contribution < -0.4 is 5.32 Å². The van der Waals surface area contributed by atoms with Gasteiger partial charge in [0, 0.05) is 24.7 Å². The van der Waals surface area contributed by atoms with Crippen molar-refractivity contribution >= 4 is 29.3 Å². The third kappa shape index (κ3) is 5.69. The Morgan fingerprint density at radius 1 is 1.15 bits per heavy atom. The molecule has 2 fully saturated rings. The molecule has 1 N–H and O–H groups in total. The molecular formula is C22H26F3N5O2S. The molecule has 0 atom stereocenters. The second-order valence-electron chi connectivity index (χ2n) is 8.32. The number of anilines is 1. The Balaban J connectivity index is 1.49. The molecule has 11 heteroatoms. The number of nitrogens with zero attached hydrogens (tertiary/aromatic N) is 4. The summed E-state index contributed by atoms with van der Waals surface area (Å²) in [5.74, 6) is 0.341. The molecule has 1 aromatic carbocycles. The Kier molecular flexibility index (Phi) is 7.26. The number of aromatic nitrogens is 3. The number of carbonyl (C=O) groups is 2. The van der Waals surface area contributed by atoms with E-state index in [2.05, 4.69) is 15.5 Å². The second-order valence-corrected chi connectivity index (χ2v) is 9.27. The Hall–Kier alpha value is -2.56. The van der Waals surface area contributed by atoms with Crippen LogP contribution in [0.5, 0.6) is 0 Å². The minimum absolute atomic E-state index is 0.0949. The lowest BCUT2D eigenvalue weighted by molar-refractivity contribution is -0.140. The smallest absolute Gasteiger partial charge is 0.378 e. The van der Waals surface area contributed by atoms with Gasteiger partial charge < -0.3 is 9.88 Å². The van der Waals surface area contributed by atoms with Crippen LogP contribution in [0.25, 0.3) is 0 Å². The summed E-state index contributed by atoms with van der Waals surface area (Å²) in [6.45, 7) is 0.670. The van der Waals surface area contributed by atoms with Gasteiger partial charge in [0.2, 0.25) is 11.8 Å². The maximum absolute atomic E-state index is 13.0. The molecule has 1 saturated heterocycles. The van der Waals surface area contributed by atoms with E-state index in [9.17, 15) is 22.8 Å². The van der Waals surface area contributed by atoms with Gasteiger partial charge >= 0.3 is 6.18 Å². The second kappa shape index (κ2) is 10.1. The maximum Gasteiger partial charge on any atom is 0.416 e. The van der Waals surface area contributed by atoms with Crippen LogP contribution in [-0.2, 0) is 22.3 Å². The third-order valence-electron chi connectivity index (χ3n) is 6.01. The van der Waals surface area contributed by atoms with E-state index in [4.69, 9.17) is 0 Å². The molecule has 33 heavy (non-hydrogen) atoms. The van der Waals surface area contributed by atoms with Crippen molar-refractivity contribution in [1.29, 1.82) is 0 Å². The highest BCUT2D eigenvalue weighted by Crippen LogP contribution is 2.34. The van der Waals surface area contributed by atoms with Gasteiger partial charge in [-0.1, -0.05) is 37.1 Å². The van der Waals surface area contributed by atoms with Crippen molar-refractivity contribution in [2.75, 3.05) is 17.6 Å². The molecule has 1 aromatic heterocycles. The number of alkyl halides is 3. The maximum atomic E-state index is 13.0. The SMILES string of the molecule is O=C1CCCN1C(=O)CSc1nnc(CNc2cccc(C(F)(F)F)c2)n1C1CCCCC1. The summed E-state index contributed by atoms with van der Waals surface area (Å²) in [5.41, 5.74) is -0.368. The van der Waals surface area contributed by atoms with Crippen molar-refractivity contribution in [3.05, 3.63) is 35.7 Å². The minimum atomic E-state index is -4.41. The molecule has 2 aromatic rings. The average molecular weight is 482 g/mol. The van der Waals surface area contributed by atoms with Gasteiger partial charge in [-0.05, 0) is 37.5 Å². The lowest BCUT2D eigenvalue weighted by atomic mass is 9.95. The molecule has 7 nitrogen and oxygen atoms in total. The standard InChI is InChI=1S/C22H26F3N5O2S/c23-22(24,25)15-6-4-7-16(12-15)26-13-18-27-28-21(30(18)17-8-2-1-3-9-17)33-14-20(32)29-11-5-10-19(29)31/h4,6-7,12,17,26H,1-3,5,8-11,13-14H2. The van der Waals surface area contributed by atoms with Gasteiger partial charge in [-0.2, -0.15) is 13.2 Å². The summed E-state index contributed by atoms with van der Waals surface area (Å²) in [7, 11) is 0. The van der Waals surface area contributed by atoms with Crippen LogP contribution in [0.1, 0.15) is 62.4 Å². The quantitative estimate of drug-likeness (QED) is 0.580. The summed E-state index contributed by atoms with van der Waals surface area (Å²) < 4.78 is 41.1. The summed E-state index contributed by atoms with van der Waals surface area (Å²) in [4.78, 5) is 25.6. The zero-order chi connectivity index (χ0) is 23.4. The van der Waals surface area contributed by atoms with Gasteiger partial charge in [0.25, 0.3) is 0 Å². The first-order valence-electron chi connectivity index (χ1n) is 11.1. The van der Waals surface area contributed by atoms with Gasteiger partial charge in [-0.25, -0.2) is 0 Å². The Morgan fingerprint density at radius 2 is 1.94 bits per heavy atom. The summed E-state index contributed by atoms with van der Waals surface area (Å²) >= 11 is 1.26. The number of hydrogen-bond donors (Lipinski definition) is 1. The largest absolute Gasteiger partial charge is 0.416 e. The molecule has 1 aliphatic heterocycles. The fraction of sp³-hybridized carbons (Fsp3) is 0.545. The minimum Gasteiger partial charge on any atom is -0.378 e. The Morgan fingerprint density at radius 3 is 2.64 bits per heavy atom. The predicted octanol–water partition coefficient (Wildman–Crippen LogP) is 4.66. The van der Waals surface area contributed by atoms with Crippen LogP contribution in [-0.4, -0.2) is 43.8 Å². The predicted molar refractivity (Wildman–Crippen MR) is 118 cm³/mol. The highest BCUT2D eigenvalue weighted by atomic mass is 32.2. The van der Waals surface area contributed by atoms with Gasteiger partial charge in [0.15, 0.2) is 11.0 Å². The number of likely N-dealkylation sites (tertiary alicyclic amines) is 1. The van der Waals surface area contributed by atoms with Crippen molar-refractivity contribution in [3.8, 4) is 0 Å². The molecule has 0 bridgehead atoms. The highest BCUT2D eigenvalue weighted by molar-refractivity contribution is 7.99. The number of benzene rings is 1. The molecule has 178 valence electrons. The molecule has 1 aliphatic carbocycles. The number of rotatable bonds is 7. The lowest BCUT2D eigenvalue weighted by Gasteiger charge is -2.26. The molecule has 0 radical (unpaired) electrons. The summed E-state index contributed by atoms with van der Waals surface area (Å²) in [6, 6.07) is 5.23. The topological polar surface area (TPSA) is 80.1 Å². The Bertz CT molecular complexity index is 1000. The molecule has 2 aliphatic rings. The van der Waals surface area contributed by atoms with Crippen LogP contribution in [0.3, 0.4) is 0 Å². The van der Waals surface area contributed by atoms with Gasteiger partial charge in [0.05, 0.1) is 17.9 Å². The van der Waals surface area contributed by atoms with Crippen molar-refractivity contribution in [1.82, 2.24) is 19.7 Å². The van der Waals surface area contributed by atoms with Crippen LogP contribution >= 0.6 is 11.8 Å². The fourth-order valence-corrected chi connectivity index (χ4v) is 5.24. The number of halogens is 3. The Labute approximate surface area is 194 Å². The first-order valence-corrected chi connectivity index (χ1v) is 12.1. The van der Waals surface area contributed by atoms with Crippen LogP contribution in [0.2, 0.25) is 0 Å². The number of nitrogens with one attached hydrogen (secondary N) is 1. The summed E-state index contributed by atoms with van der Waals surface area (Å²) in [5, 5.41) is 12.2. The zero-order valence-electron chi connectivity index (χ0n) is 18.1. The van der Waals surface area contributed by atoms with Crippen LogP contribution in [0.4, 0.5) is 18.9 Å². The van der Waals surface area contributed by atoms with Crippen LogP contribution in [0.15, 0.2) is 29.4 Å². The van der Waals surface area contributed by atoms with Crippen molar-refractivity contribution in [2.45, 2.75) is 68.9 Å². The summed E-state index contributed by atoms with van der Waals surface area (Å²) in [6.07, 6.45) is 1.92.